The van der Waals surface area contributed by atoms with E-state index in [-0.39, 0.29) is 0 Å². The molecular weight excluding hydrogens is 194 g/mol. The Labute approximate surface area is 88.1 Å². The number of aliphatic carboxylic acids is 1. The minimum atomic E-state index is -0.821. The molecule has 1 heterocycles. The zero-order valence-corrected chi connectivity index (χ0v) is 8.51. The van der Waals surface area contributed by atoms with Crippen LogP contribution in [0.1, 0.15) is 12.5 Å². The first-order valence-corrected chi connectivity index (χ1v) is 4.86. The third kappa shape index (κ3) is 1.94. The van der Waals surface area contributed by atoms with Crippen LogP contribution in [0, 0.1) is 0 Å². The lowest BCUT2D eigenvalue weighted by atomic mass is 10.1. The van der Waals surface area contributed by atoms with Gasteiger partial charge in [-0.2, -0.15) is 0 Å². The van der Waals surface area contributed by atoms with Crippen LogP contribution < -0.4 is 4.74 Å². The van der Waals surface area contributed by atoms with Gasteiger partial charge in [-0.15, -0.1) is 0 Å². The minimum Gasteiger partial charge on any atom is -0.480 e. The molecule has 0 saturated carbocycles. The Morgan fingerprint density at radius 2 is 2.27 bits per heavy atom. The van der Waals surface area contributed by atoms with E-state index in [1.165, 1.54) is 0 Å². The summed E-state index contributed by atoms with van der Waals surface area (Å²) in [5, 5.41) is 8.89. The summed E-state index contributed by atoms with van der Waals surface area (Å²) in [7, 11) is 0. The molecular formula is C11H13NO3. The molecule has 0 spiro atoms. The summed E-state index contributed by atoms with van der Waals surface area (Å²) in [6.07, 6.45) is 0. The molecule has 1 aromatic carbocycles. The van der Waals surface area contributed by atoms with Crippen molar-refractivity contribution in [3.63, 3.8) is 0 Å². The number of carboxylic acid groups (broad SMARTS) is 1. The third-order valence-corrected chi connectivity index (χ3v) is 2.64. The number of ether oxygens (including phenoxy) is 1. The van der Waals surface area contributed by atoms with Gasteiger partial charge >= 0.3 is 5.97 Å². The van der Waals surface area contributed by atoms with E-state index in [2.05, 4.69) is 0 Å². The maximum Gasteiger partial charge on any atom is 0.320 e. The monoisotopic (exact) mass is 207 g/mol. The zero-order chi connectivity index (χ0) is 10.8. The number of carbonyl (C=O) groups is 1. The van der Waals surface area contributed by atoms with Crippen LogP contribution in [0.15, 0.2) is 24.3 Å². The SMILES string of the molecule is CC(C(=O)O)N1COc2ccccc2C1. The zero-order valence-electron chi connectivity index (χ0n) is 8.51. The summed E-state index contributed by atoms with van der Waals surface area (Å²) < 4.78 is 5.47. The normalized spacial score (nSPS) is 17.7. The van der Waals surface area contributed by atoms with E-state index in [0.717, 1.165) is 11.3 Å². The standard InChI is InChI=1S/C11H13NO3/c1-8(11(13)14)12-6-9-4-2-3-5-10(9)15-7-12/h2-5,8H,6-7H2,1H3,(H,13,14). The number of hydrogen-bond acceptors (Lipinski definition) is 3. The summed E-state index contributed by atoms with van der Waals surface area (Å²) in [5.41, 5.74) is 1.04. The topological polar surface area (TPSA) is 49.8 Å². The molecule has 4 heteroatoms. The highest BCUT2D eigenvalue weighted by Crippen LogP contribution is 2.25. The van der Waals surface area contributed by atoms with Crippen LogP contribution in [0.5, 0.6) is 5.75 Å². The van der Waals surface area contributed by atoms with E-state index in [1.54, 1.807) is 11.8 Å². The molecule has 80 valence electrons. The highest BCUT2D eigenvalue weighted by molar-refractivity contribution is 5.72. The van der Waals surface area contributed by atoms with Gasteiger partial charge in [0.25, 0.3) is 0 Å². The van der Waals surface area contributed by atoms with Crippen LogP contribution in [-0.2, 0) is 11.3 Å². The fraction of sp³-hybridized carbons (Fsp3) is 0.364. The van der Waals surface area contributed by atoms with Crippen molar-refractivity contribution < 1.29 is 14.6 Å². The fourth-order valence-corrected chi connectivity index (χ4v) is 1.60. The molecule has 1 aromatic rings. The van der Waals surface area contributed by atoms with Gasteiger partial charge in [0.1, 0.15) is 18.5 Å². The average Bonchev–Trinajstić information content (AvgIpc) is 2.27. The summed E-state index contributed by atoms with van der Waals surface area (Å²) >= 11 is 0. The maximum absolute atomic E-state index is 10.8. The van der Waals surface area contributed by atoms with Gasteiger partial charge in [0.15, 0.2) is 0 Å². The van der Waals surface area contributed by atoms with Crippen LogP contribution in [0.3, 0.4) is 0 Å². The van der Waals surface area contributed by atoms with E-state index in [0.29, 0.717) is 13.3 Å². The molecule has 15 heavy (non-hydrogen) atoms. The van der Waals surface area contributed by atoms with Gasteiger partial charge < -0.3 is 9.84 Å². The molecule has 0 radical (unpaired) electrons. The van der Waals surface area contributed by atoms with Crippen molar-refractivity contribution in [1.29, 1.82) is 0 Å². The molecule has 4 nitrogen and oxygen atoms in total. The number of para-hydroxylation sites is 1. The Bertz CT molecular complexity index is 378. The van der Waals surface area contributed by atoms with Crippen LogP contribution >= 0.6 is 0 Å². The number of nitrogens with zero attached hydrogens (tertiary/aromatic N) is 1. The van der Waals surface area contributed by atoms with Crippen LogP contribution in [-0.4, -0.2) is 28.7 Å². The van der Waals surface area contributed by atoms with Crippen molar-refractivity contribution >= 4 is 5.97 Å². The Morgan fingerprint density at radius 1 is 1.53 bits per heavy atom. The molecule has 0 aromatic heterocycles. The average molecular weight is 207 g/mol. The second-order valence-corrected chi connectivity index (χ2v) is 3.64. The van der Waals surface area contributed by atoms with Gasteiger partial charge in [-0.25, -0.2) is 0 Å². The quantitative estimate of drug-likeness (QED) is 0.794. The van der Waals surface area contributed by atoms with Crippen molar-refractivity contribution in [2.45, 2.75) is 19.5 Å². The van der Waals surface area contributed by atoms with Crippen molar-refractivity contribution in [3.8, 4) is 5.75 Å². The highest BCUT2D eigenvalue weighted by atomic mass is 16.5. The molecule has 1 aliphatic rings. The summed E-state index contributed by atoms with van der Waals surface area (Å²) in [5.74, 6) is 0.0318. The largest absolute Gasteiger partial charge is 0.480 e. The molecule has 1 N–H and O–H groups in total. The predicted octanol–water partition coefficient (Wildman–Crippen LogP) is 1.31. The maximum atomic E-state index is 10.8. The molecule has 1 unspecified atom stereocenters. The molecule has 1 atom stereocenters. The number of rotatable bonds is 2. The lowest BCUT2D eigenvalue weighted by molar-refractivity contribution is -0.144. The molecule has 0 amide bonds. The first-order chi connectivity index (χ1) is 7.18. The van der Waals surface area contributed by atoms with E-state index in [9.17, 15) is 4.79 Å². The van der Waals surface area contributed by atoms with E-state index < -0.39 is 12.0 Å². The molecule has 0 aliphatic carbocycles. The molecule has 1 aliphatic heterocycles. The molecule has 2 rings (SSSR count). The van der Waals surface area contributed by atoms with Gasteiger partial charge in [-0.05, 0) is 13.0 Å². The number of benzene rings is 1. The lowest BCUT2D eigenvalue weighted by Crippen LogP contribution is -2.42. The summed E-state index contributed by atoms with van der Waals surface area (Å²) in [6, 6.07) is 7.18. The van der Waals surface area contributed by atoms with Crippen molar-refractivity contribution in [2.24, 2.45) is 0 Å². The van der Waals surface area contributed by atoms with Crippen LogP contribution in [0.2, 0.25) is 0 Å². The Balaban J connectivity index is 2.15. The Kier molecular flexibility index (Phi) is 2.60. The lowest BCUT2D eigenvalue weighted by Gasteiger charge is -2.31. The molecule has 0 saturated heterocycles. The number of carboxylic acids is 1. The third-order valence-electron chi connectivity index (χ3n) is 2.64. The minimum absolute atomic E-state index is 0.338. The van der Waals surface area contributed by atoms with Crippen LogP contribution in [0.25, 0.3) is 0 Å². The Hall–Kier alpha value is -1.55. The van der Waals surface area contributed by atoms with Gasteiger partial charge in [0.05, 0.1) is 0 Å². The number of fused-ring (bicyclic) bond motifs is 1. The summed E-state index contributed by atoms with van der Waals surface area (Å²) in [6.45, 7) is 2.63. The van der Waals surface area contributed by atoms with Crippen molar-refractivity contribution in [2.75, 3.05) is 6.73 Å². The first-order valence-electron chi connectivity index (χ1n) is 4.86. The van der Waals surface area contributed by atoms with E-state index in [1.807, 2.05) is 24.3 Å². The van der Waals surface area contributed by atoms with Gasteiger partial charge in [-0.1, -0.05) is 18.2 Å². The van der Waals surface area contributed by atoms with Crippen molar-refractivity contribution in [3.05, 3.63) is 29.8 Å². The van der Waals surface area contributed by atoms with Gasteiger partial charge in [0.2, 0.25) is 0 Å². The van der Waals surface area contributed by atoms with E-state index in [4.69, 9.17) is 9.84 Å². The van der Waals surface area contributed by atoms with Crippen LogP contribution in [0.4, 0.5) is 0 Å². The first kappa shape index (κ1) is 9.98. The van der Waals surface area contributed by atoms with Gasteiger partial charge in [0, 0.05) is 12.1 Å². The highest BCUT2D eigenvalue weighted by Gasteiger charge is 2.25. The molecule has 0 fully saturated rings. The predicted molar refractivity (Wildman–Crippen MR) is 54.6 cm³/mol. The Morgan fingerprint density at radius 3 is 3.00 bits per heavy atom. The van der Waals surface area contributed by atoms with Gasteiger partial charge in [-0.3, -0.25) is 9.69 Å². The second-order valence-electron chi connectivity index (χ2n) is 3.64. The van der Waals surface area contributed by atoms with E-state index >= 15 is 0 Å². The summed E-state index contributed by atoms with van der Waals surface area (Å²) in [4.78, 5) is 12.6. The smallest absolute Gasteiger partial charge is 0.320 e. The second kappa shape index (κ2) is 3.90. The molecule has 0 bridgehead atoms. The number of hydrogen-bond donors (Lipinski definition) is 1. The van der Waals surface area contributed by atoms with Crippen molar-refractivity contribution in [1.82, 2.24) is 4.90 Å². The fourth-order valence-electron chi connectivity index (χ4n) is 1.60.